The summed E-state index contributed by atoms with van der Waals surface area (Å²) in [6, 6.07) is 14.0. The maximum Gasteiger partial charge on any atom is 0.269 e. The van der Waals surface area contributed by atoms with Crippen LogP contribution in [0.15, 0.2) is 58.7 Å². The average Bonchev–Trinajstić information content (AvgIpc) is 2.95. The number of nitro benzene ring substituents is 1. The number of benzene rings is 2. The number of amides is 1. The first-order valence-corrected chi connectivity index (χ1v) is 8.78. The first-order valence-electron chi connectivity index (χ1n) is 7.90. The zero-order valence-electron chi connectivity index (χ0n) is 14.0. The zero-order valence-corrected chi connectivity index (χ0v) is 14.8. The highest BCUT2D eigenvalue weighted by molar-refractivity contribution is 8.15. The summed E-state index contributed by atoms with van der Waals surface area (Å²) in [4.78, 5) is 22.2. The van der Waals surface area contributed by atoms with Gasteiger partial charge in [0.2, 0.25) is 5.91 Å². The topological polar surface area (TPSA) is 97.0 Å². The number of carbonyl (C=O) groups is 1. The average molecular weight is 368 g/mol. The van der Waals surface area contributed by atoms with Crippen molar-refractivity contribution in [3.8, 4) is 0 Å². The lowest BCUT2D eigenvalue weighted by atomic mass is 10.1. The molecule has 1 heterocycles. The van der Waals surface area contributed by atoms with E-state index in [1.54, 1.807) is 12.1 Å². The van der Waals surface area contributed by atoms with Crippen LogP contribution in [-0.4, -0.2) is 27.5 Å². The van der Waals surface area contributed by atoms with Crippen LogP contribution in [0.4, 0.5) is 5.69 Å². The second-order valence-corrected chi connectivity index (χ2v) is 6.98. The van der Waals surface area contributed by atoms with Crippen molar-refractivity contribution in [3.05, 3.63) is 75.3 Å². The van der Waals surface area contributed by atoms with Gasteiger partial charge in [0.05, 0.1) is 16.4 Å². The number of rotatable bonds is 5. The molecule has 1 amide bonds. The van der Waals surface area contributed by atoms with Gasteiger partial charge in [-0.05, 0) is 36.6 Å². The number of aryl methyl sites for hydroxylation is 1. The lowest BCUT2D eigenvalue weighted by Crippen LogP contribution is -2.25. The van der Waals surface area contributed by atoms with Crippen LogP contribution in [0.1, 0.15) is 16.7 Å². The molecule has 26 heavy (non-hydrogen) atoms. The normalized spacial score (nSPS) is 18.4. The SMILES string of the molecule is Cc1cccc(CC2S/C(=N/N=C\c3ccc([N+](=O)[O-])cc3)NC2=O)c1. The van der Waals surface area contributed by atoms with E-state index < -0.39 is 4.92 Å². The van der Waals surface area contributed by atoms with E-state index in [1.165, 1.54) is 30.1 Å². The molecule has 0 aromatic heterocycles. The van der Waals surface area contributed by atoms with Crippen molar-refractivity contribution in [2.75, 3.05) is 0 Å². The van der Waals surface area contributed by atoms with Crippen molar-refractivity contribution in [2.45, 2.75) is 18.6 Å². The van der Waals surface area contributed by atoms with Gasteiger partial charge < -0.3 is 5.32 Å². The minimum absolute atomic E-state index is 0.0195. The van der Waals surface area contributed by atoms with Gasteiger partial charge in [0.1, 0.15) is 0 Å². The Morgan fingerprint density at radius 2 is 2.04 bits per heavy atom. The van der Waals surface area contributed by atoms with Gasteiger partial charge in [0.25, 0.3) is 5.69 Å². The molecule has 132 valence electrons. The summed E-state index contributed by atoms with van der Waals surface area (Å²) in [6.45, 7) is 2.02. The van der Waals surface area contributed by atoms with Gasteiger partial charge in [0.15, 0.2) is 5.17 Å². The second kappa shape index (κ2) is 7.92. The maximum atomic E-state index is 12.1. The van der Waals surface area contributed by atoms with Gasteiger partial charge in [-0.3, -0.25) is 14.9 Å². The van der Waals surface area contributed by atoms with Gasteiger partial charge in [-0.2, -0.15) is 5.10 Å². The summed E-state index contributed by atoms with van der Waals surface area (Å²) in [5, 5.41) is 21.5. The minimum Gasteiger partial charge on any atom is -0.303 e. The predicted molar refractivity (Wildman–Crippen MR) is 103 cm³/mol. The summed E-state index contributed by atoms with van der Waals surface area (Å²) in [5.74, 6) is -0.0826. The Labute approximate surface area is 154 Å². The molecular formula is C18H16N4O3S. The molecule has 7 nitrogen and oxygen atoms in total. The Balaban J connectivity index is 1.61. The lowest BCUT2D eigenvalue weighted by Gasteiger charge is -2.05. The molecule has 1 saturated heterocycles. The van der Waals surface area contributed by atoms with Crippen molar-refractivity contribution in [2.24, 2.45) is 10.2 Å². The highest BCUT2D eigenvalue weighted by Crippen LogP contribution is 2.23. The number of hydrogen-bond donors (Lipinski definition) is 1. The zero-order chi connectivity index (χ0) is 18.5. The van der Waals surface area contributed by atoms with E-state index in [1.807, 2.05) is 25.1 Å². The molecule has 0 bridgehead atoms. The fourth-order valence-corrected chi connectivity index (χ4v) is 3.43. The maximum absolute atomic E-state index is 12.1. The standard InChI is InChI=1S/C18H16N4O3S/c1-12-3-2-4-14(9-12)10-16-17(23)20-18(26-16)21-19-11-13-5-7-15(8-6-13)22(24)25/h2-9,11,16H,10H2,1H3,(H,20,21,23)/b19-11-. The number of carbonyl (C=O) groups excluding carboxylic acids is 1. The molecule has 1 aliphatic rings. The van der Waals surface area contributed by atoms with E-state index in [2.05, 4.69) is 21.6 Å². The fourth-order valence-electron chi connectivity index (χ4n) is 2.47. The van der Waals surface area contributed by atoms with Crippen molar-refractivity contribution >= 4 is 34.7 Å². The molecule has 0 spiro atoms. The van der Waals surface area contributed by atoms with Crippen LogP contribution in [0.5, 0.6) is 0 Å². The Bertz CT molecular complexity index is 894. The summed E-state index contributed by atoms with van der Waals surface area (Å²) in [6.07, 6.45) is 2.11. The molecule has 0 saturated carbocycles. The van der Waals surface area contributed by atoms with Gasteiger partial charge in [-0.25, -0.2) is 0 Å². The number of non-ortho nitro benzene ring substituents is 1. The largest absolute Gasteiger partial charge is 0.303 e. The Kier molecular flexibility index (Phi) is 5.43. The molecule has 1 unspecified atom stereocenters. The summed E-state index contributed by atoms with van der Waals surface area (Å²) in [5.41, 5.74) is 2.97. The van der Waals surface area contributed by atoms with Crippen LogP contribution < -0.4 is 5.32 Å². The van der Waals surface area contributed by atoms with E-state index in [0.717, 1.165) is 11.1 Å². The number of thioether (sulfide) groups is 1. The monoisotopic (exact) mass is 368 g/mol. The van der Waals surface area contributed by atoms with E-state index in [9.17, 15) is 14.9 Å². The van der Waals surface area contributed by atoms with E-state index in [4.69, 9.17) is 0 Å². The summed E-state index contributed by atoms with van der Waals surface area (Å²) < 4.78 is 0. The molecule has 2 aromatic rings. The van der Waals surface area contributed by atoms with Gasteiger partial charge >= 0.3 is 0 Å². The molecule has 1 fully saturated rings. The van der Waals surface area contributed by atoms with Gasteiger partial charge in [-0.15, -0.1) is 5.10 Å². The van der Waals surface area contributed by atoms with Gasteiger partial charge in [0, 0.05) is 12.1 Å². The van der Waals surface area contributed by atoms with Crippen molar-refractivity contribution in [1.29, 1.82) is 0 Å². The molecule has 0 aliphatic carbocycles. The van der Waals surface area contributed by atoms with Crippen molar-refractivity contribution < 1.29 is 9.72 Å². The molecule has 3 rings (SSSR count). The first kappa shape index (κ1) is 17.8. The highest BCUT2D eigenvalue weighted by Gasteiger charge is 2.30. The van der Waals surface area contributed by atoms with Gasteiger partial charge in [-0.1, -0.05) is 41.6 Å². The Morgan fingerprint density at radius 1 is 1.27 bits per heavy atom. The first-order chi connectivity index (χ1) is 12.5. The molecule has 1 N–H and O–H groups in total. The molecule has 1 aliphatic heterocycles. The Morgan fingerprint density at radius 3 is 2.73 bits per heavy atom. The third-order valence-electron chi connectivity index (χ3n) is 3.74. The van der Waals surface area contributed by atoms with E-state index >= 15 is 0 Å². The number of hydrogen-bond acceptors (Lipinski definition) is 6. The van der Waals surface area contributed by atoms with Crippen LogP contribution in [0.2, 0.25) is 0 Å². The van der Waals surface area contributed by atoms with E-state index in [-0.39, 0.29) is 16.8 Å². The fraction of sp³-hybridized carbons (Fsp3) is 0.167. The van der Waals surface area contributed by atoms with Crippen LogP contribution in [0.3, 0.4) is 0 Å². The minimum atomic E-state index is -0.458. The highest BCUT2D eigenvalue weighted by atomic mass is 32.2. The molecule has 0 radical (unpaired) electrons. The summed E-state index contributed by atoms with van der Waals surface area (Å²) in [7, 11) is 0. The molecule has 1 atom stereocenters. The van der Waals surface area contributed by atoms with Crippen LogP contribution in [0.25, 0.3) is 0 Å². The molecule has 2 aromatic carbocycles. The second-order valence-electron chi connectivity index (χ2n) is 5.79. The quantitative estimate of drug-likeness (QED) is 0.498. The van der Waals surface area contributed by atoms with E-state index in [0.29, 0.717) is 17.2 Å². The van der Waals surface area contributed by atoms with Crippen LogP contribution in [0, 0.1) is 17.0 Å². The molecule has 8 heteroatoms. The van der Waals surface area contributed by atoms with Crippen LogP contribution in [-0.2, 0) is 11.2 Å². The summed E-state index contributed by atoms with van der Waals surface area (Å²) >= 11 is 1.35. The third kappa shape index (κ3) is 4.54. The lowest BCUT2D eigenvalue weighted by molar-refractivity contribution is -0.384. The number of nitro groups is 1. The molecular weight excluding hydrogens is 352 g/mol. The van der Waals surface area contributed by atoms with Crippen molar-refractivity contribution in [3.63, 3.8) is 0 Å². The number of nitrogens with one attached hydrogen (secondary N) is 1. The number of nitrogens with zero attached hydrogens (tertiary/aromatic N) is 3. The predicted octanol–water partition coefficient (Wildman–Crippen LogP) is 3.07. The third-order valence-corrected chi connectivity index (χ3v) is 4.81. The Hall–Kier alpha value is -3.00. The van der Waals surface area contributed by atoms with Crippen LogP contribution >= 0.6 is 11.8 Å². The smallest absolute Gasteiger partial charge is 0.269 e. The van der Waals surface area contributed by atoms with Crippen molar-refractivity contribution in [1.82, 2.24) is 5.32 Å². The number of amidine groups is 1.